The van der Waals surface area contributed by atoms with E-state index < -0.39 is 73.1 Å². The molecule has 12 aliphatic rings. The molecular formula is C108H168Br3F18O13P. The second kappa shape index (κ2) is 54.1. The molecule has 0 aromatic heterocycles. The molecule has 12 saturated carbocycles. The molecule has 26 atom stereocenters. The lowest BCUT2D eigenvalue weighted by molar-refractivity contribution is -0.370. The number of Topliss-reactive ketones (excluding diaryl/α,β-unsaturated/α-hetero) is 1. The number of fused-ring (bicyclic) bond motifs is 5. The van der Waals surface area contributed by atoms with Crippen LogP contribution in [0.15, 0.2) is 59.3 Å². The Balaban J connectivity index is 0.000000240. The summed E-state index contributed by atoms with van der Waals surface area (Å²) in [5, 5.41) is 39.0. The molecule has 0 heterocycles. The fourth-order valence-electron chi connectivity index (χ4n) is 29.4. The Kier molecular flexibility index (Phi) is 48.3. The molecule has 0 saturated heterocycles. The van der Waals surface area contributed by atoms with Crippen molar-refractivity contribution < 1.29 is 142 Å². The molecule has 35 heteroatoms. The Bertz CT molecular complexity index is 4040. The molecule has 13 nitrogen and oxygen atoms in total. The number of carbonyl (C=O) groups is 3. The average Bonchev–Trinajstić information content (AvgIpc) is 1.70. The molecule has 0 radical (unpaired) electrons. The molecule has 0 aromatic rings. The van der Waals surface area contributed by atoms with Gasteiger partial charge in [0.1, 0.15) is 28.7 Å². The average molecular weight is 2290 g/mol. The Morgan fingerprint density at radius 2 is 0.727 bits per heavy atom. The highest BCUT2D eigenvalue weighted by molar-refractivity contribution is 9.09. The lowest BCUT2D eigenvalue weighted by atomic mass is 9.60. The summed E-state index contributed by atoms with van der Waals surface area (Å²) >= 11 is 9.78. The van der Waals surface area contributed by atoms with E-state index in [9.17, 15) is 114 Å². The molecule has 0 aromatic carbocycles. The Morgan fingerprint density at radius 3 is 1.07 bits per heavy atom. The molecular weight excluding hydrogens is 2120 g/mol. The molecule has 0 aliphatic heterocycles. The molecule has 830 valence electrons. The van der Waals surface area contributed by atoms with Crippen LogP contribution >= 0.6 is 56.6 Å². The minimum atomic E-state index is -5.77. The number of esters is 2. The number of hydrogen-bond acceptors (Lipinski definition) is 13. The van der Waals surface area contributed by atoms with Crippen molar-refractivity contribution in [3.63, 3.8) is 0 Å². The van der Waals surface area contributed by atoms with E-state index in [0.717, 1.165) is 174 Å². The summed E-state index contributed by atoms with van der Waals surface area (Å²) in [6.45, 7) is 30.3. The summed E-state index contributed by atoms with van der Waals surface area (Å²) in [6, 6.07) is 0. The van der Waals surface area contributed by atoms with Gasteiger partial charge in [0.2, 0.25) is 0 Å². The summed E-state index contributed by atoms with van der Waals surface area (Å²) in [7, 11) is 7.66. The first-order chi connectivity index (χ1) is 66.5. The van der Waals surface area contributed by atoms with Crippen molar-refractivity contribution >= 4 is 74.3 Å². The topological polar surface area (TPSA) is 188 Å². The van der Waals surface area contributed by atoms with Gasteiger partial charge in [-0.25, -0.2) is 0 Å². The summed E-state index contributed by atoms with van der Waals surface area (Å²) in [5.74, 6) is 5.31. The minimum absolute atomic E-state index is 0.00123. The standard InChI is InChI=1S/C29H39BrF6O3.C19H30F6O2.C18H26F6O2.C16H29BrO.C14H26O2.C12H18BrO3P/c1-18-8-11-22(39-25(37)17-30)16-21(18)10-9-20-7-5-14-26(3)23(12-13-24(20)26)19(2)6-4-15-27(38,28(31,32)33)29(34,35)36;1-12(6-4-11-17(26,18(20,21)22)19(23,24)25)13-8-9-14-15(27-3)7-5-10-16(13,14)2;1-11(5-3-10-16(26,17(19,20)21)18(22,23)24)12-7-8-13-14(25)6-4-9-15(12,13)2;1-12(6-5-11-17)13-8-9-14-15(18-3)7-4-10-16(13,14)2;1-10(9-15)11-6-7-12-13(16-3)5-4-8-14(11,12)2;1-9-3-4-11(16-12(14)8-13)7-10(9)5-6-17-15-2/h9-10,19,22-24,38H,1,4-8,11-17H2,2-3H3;12-15,26H,4-11H2,1-3H3;11-13,26H,3-10H2,1-2H3;12-15H,4-11H2,1-3H3;10-13,15H,4-9H2,1-3H3;5,11,17H,1,3-4,6-8H2,2H3/b20-9+,21-10-;;;;;10-5-/t19?,22-,23+,24?,26+;12?,13-,14?,15+,16-;11?,12-,13?,15-;12?,13-,14?,15+,16-;10?,11-,12?,13+,14-;11-/m011110/s1. The van der Waals surface area contributed by atoms with E-state index in [1.54, 1.807) is 14.2 Å². The number of methoxy groups -OCH3 is 3. The van der Waals surface area contributed by atoms with Crippen LogP contribution in [0.25, 0.3) is 0 Å². The van der Waals surface area contributed by atoms with Crippen LogP contribution in [0, 0.1) is 116 Å². The predicted molar refractivity (Wildman–Crippen MR) is 535 cm³/mol. The van der Waals surface area contributed by atoms with Crippen LogP contribution in [-0.4, -0.2) is 180 Å². The van der Waals surface area contributed by atoms with Gasteiger partial charge in [-0.15, -0.1) is 0 Å². The Labute approximate surface area is 866 Å². The van der Waals surface area contributed by atoms with Crippen LogP contribution in [-0.2, 0) is 42.6 Å². The van der Waals surface area contributed by atoms with Crippen LogP contribution in [0.2, 0.25) is 0 Å². The number of rotatable bonds is 32. The van der Waals surface area contributed by atoms with Crippen LogP contribution in [0.1, 0.15) is 339 Å². The highest BCUT2D eigenvalue weighted by Crippen LogP contribution is 2.65. The van der Waals surface area contributed by atoms with Crippen molar-refractivity contribution in [1.82, 2.24) is 0 Å². The van der Waals surface area contributed by atoms with Gasteiger partial charge in [0.05, 0.1) is 18.3 Å². The molecule has 12 fully saturated rings. The number of carbonyl (C=O) groups excluding carboxylic acids is 3. The zero-order chi connectivity index (χ0) is 107. The molecule has 4 N–H and O–H groups in total. The number of allylic oxidation sites excluding steroid dienone is 6. The Morgan fingerprint density at radius 1 is 0.413 bits per heavy atom. The van der Waals surface area contributed by atoms with E-state index in [-0.39, 0.29) is 143 Å². The fourth-order valence-corrected chi connectivity index (χ4v) is 30.5. The van der Waals surface area contributed by atoms with Gasteiger partial charge in [0.25, 0.3) is 16.8 Å². The first kappa shape index (κ1) is 127. The summed E-state index contributed by atoms with van der Waals surface area (Å²) in [5.41, 5.74) is -7.46. The van der Waals surface area contributed by atoms with Crippen LogP contribution in [0.5, 0.6) is 0 Å². The SMILES string of the molecule is C=C1CC[C@H](OC(=O)CBr)C/C1=C/C=C1\CCC[C@@]2(C)C1CC[C@@H]2C(C)CCCC(O)(C(F)(F)F)C(F)(F)F.C=C1CC[C@H](OC(=O)CBr)C/C1=C/CPOC.CC(CCCC(O)(C(F)(F)F)C(F)(F)F)[C@H]1CCC2C(=O)CCC[C@@]21C.CO[C@H]1CCC[C@@]2(C)C1CC[C@@H]2C(C)CCCBr.CO[C@H]1CCC[C@@]2(C)C1CC[C@@H]2C(C)CCCC(O)(C(F)(F)F)C(F)(F)F.CO[C@H]1CCC[C@@]2(C)C1CC[C@@H]2C(C)CO. The van der Waals surface area contributed by atoms with Crippen molar-refractivity contribution in [2.24, 2.45) is 116 Å². The summed E-state index contributed by atoms with van der Waals surface area (Å²) < 4.78 is 265. The van der Waals surface area contributed by atoms with Crippen LogP contribution in [0.4, 0.5) is 79.0 Å². The molecule has 143 heavy (non-hydrogen) atoms. The summed E-state index contributed by atoms with van der Waals surface area (Å²) in [4.78, 5) is 35.0. The highest BCUT2D eigenvalue weighted by Gasteiger charge is 2.73. The van der Waals surface area contributed by atoms with E-state index in [0.29, 0.717) is 75.0 Å². The lowest BCUT2D eigenvalue weighted by Gasteiger charge is -2.46. The van der Waals surface area contributed by atoms with E-state index in [4.69, 9.17) is 28.2 Å². The van der Waals surface area contributed by atoms with Gasteiger partial charge in [-0.2, -0.15) is 79.0 Å². The zero-order valence-electron chi connectivity index (χ0n) is 86.8. The third-order valence-electron chi connectivity index (χ3n) is 37.4. The van der Waals surface area contributed by atoms with Gasteiger partial charge in [0, 0.05) is 80.5 Å². The Hall–Kier alpha value is -2.40. The number of halogens is 21. The van der Waals surface area contributed by atoms with Crippen molar-refractivity contribution in [2.45, 2.75) is 423 Å². The van der Waals surface area contributed by atoms with E-state index in [1.165, 1.54) is 88.2 Å². The summed E-state index contributed by atoms with van der Waals surface area (Å²) in [6.07, 6.45) is 3.37. The van der Waals surface area contributed by atoms with Crippen molar-refractivity contribution in [3.05, 3.63) is 59.3 Å². The van der Waals surface area contributed by atoms with Gasteiger partial charge < -0.3 is 48.6 Å². The van der Waals surface area contributed by atoms with E-state index in [2.05, 4.69) is 121 Å². The molecule has 0 bridgehead atoms. The first-order valence-corrected chi connectivity index (χ1v) is 57.0. The van der Waals surface area contributed by atoms with Gasteiger partial charge >= 0.3 is 49.0 Å². The fraction of sp³-hybridized carbons (Fsp3) is 0.880. The predicted octanol–water partition coefficient (Wildman–Crippen LogP) is 31.2. The second-order valence-corrected chi connectivity index (χ2v) is 48.6. The number of hydrogen-bond donors (Lipinski definition) is 4. The molecule has 0 spiro atoms. The molecule has 11 unspecified atom stereocenters. The zero-order valence-corrected chi connectivity index (χ0v) is 92.6. The van der Waals surface area contributed by atoms with Crippen molar-refractivity contribution in [1.29, 1.82) is 0 Å². The monoisotopic (exact) mass is 2280 g/mol. The highest BCUT2D eigenvalue weighted by atomic mass is 79.9. The normalized spacial score (nSPS) is 33.9. The quantitative estimate of drug-likeness (QED) is 0.0164. The van der Waals surface area contributed by atoms with E-state index >= 15 is 0 Å². The largest absolute Gasteiger partial charge is 0.461 e. The lowest BCUT2D eigenvalue weighted by Crippen LogP contribution is -2.56. The second-order valence-electron chi connectivity index (χ2n) is 45.6. The van der Waals surface area contributed by atoms with Crippen LogP contribution < -0.4 is 0 Å². The third kappa shape index (κ3) is 30.9. The number of ether oxygens (including phenoxy) is 5. The molecule has 0 amide bonds. The van der Waals surface area contributed by atoms with E-state index in [1.807, 2.05) is 41.9 Å². The van der Waals surface area contributed by atoms with Crippen molar-refractivity contribution in [3.8, 4) is 0 Å². The van der Waals surface area contributed by atoms with Gasteiger partial charge in [-0.3, -0.25) is 14.4 Å². The van der Waals surface area contributed by atoms with Gasteiger partial charge in [-0.05, 0) is 333 Å². The number of alkyl halides is 21. The third-order valence-corrected chi connectivity index (χ3v) is 39.6. The van der Waals surface area contributed by atoms with Gasteiger partial charge in [-0.1, -0.05) is 204 Å². The maximum absolute atomic E-state index is 13.1. The number of ketones is 1. The first-order valence-electron chi connectivity index (χ1n) is 52.6. The van der Waals surface area contributed by atoms with Gasteiger partial charge in [0.15, 0.2) is 0 Å². The van der Waals surface area contributed by atoms with Crippen molar-refractivity contribution in [2.75, 3.05) is 57.2 Å². The number of aliphatic hydroxyl groups excluding tert-OH is 1. The number of aliphatic hydroxyl groups is 4. The van der Waals surface area contributed by atoms with Crippen LogP contribution in [0.3, 0.4) is 0 Å². The minimum Gasteiger partial charge on any atom is -0.461 e. The maximum atomic E-state index is 13.1. The smallest absolute Gasteiger partial charge is 0.426 e. The molecule has 12 rings (SSSR count). The molecule has 12 aliphatic carbocycles. The maximum Gasteiger partial charge on any atom is 0.426 e.